The van der Waals surface area contributed by atoms with Gasteiger partial charge in [0.15, 0.2) is 0 Å². The molecule has 0 saturated heterocycles. The van der Waals surface area contributed by atoms with Crippen molar-refractivity contribution in [2.24, 2.45) is 0 Å². The minimum absolute atomic E-state index is 0.114. The van der Waals surface area contributed by atoms with Gasteiger partial charge in [0, 0.05) is 39.9 Å². The van der Waals surface area contributed by atoms with Gasteiger partial charge < -0.3 is 11.1 Å². The molecule has 0 bridgehead atoms. The second kappa shape index (κ2) is 8.78. The van der Waals surface area contributed by atoms with Crippen LogP contribution < -0.4 is 16.6 Å². The summed E-state index contributed by atoms with van der Waals surface area (Å²) < 4.78 is 1.66. The summed E-state index contributed by atoms with van der Waals surface area (Å²) in [5.74, 6) is 0.643. The number of nitrogens with two attached hydrogens (primary N) is 1. The molecule has 0 aliphatic heterocycles. The Labute approximate surface area is 189 Å². The number of aryl methyl sites for hydroxylation is 1. The summed E-state index contributed by atoms with van der Waals surface area (Å²) in [6.45, 7) is 7.24. The van der Waals surface area contributed by atoms with Gasteiger partial charge in [-0.25, -0.2) is 9.97 Å². The number of thiazole rings is 1. The van der Waals surface area contributed by atoms with Crippen molar-refractivity contribution in [2.75, 3.05) is 5.73 Å². The molecule has 0 aliphatic rings. The van der Waals surface area contributed by atoms with E-state index in [1.165, 1.54) is 0 Å². The first-order valence-corrected chi connectivity index (χ1v) is 11.2. The molecule has 0 atom stereocenters. The van der Waals surface area contributed by atoms with Crippen molar-refractivity contribution < 1.29 is 0 Å². The van der Waals surface area contributed by atoms with Crippen molar-refractivity contribution in [3.8, 4) is 10.6 Å². The molecule has 160 valence electrons. The standard InChI is InChI=1S/C23H24ClN5OS/c1-13(2)26-10-17-11-27-22(31-17)18-9-21-19(8-20(18)25)23(30)29(14(3)28-21)12-15-4-6-16(24)7-5-15/h4-9,11,13,26H,10,12,25H2,1-3H3. The topological polar surface area (TPSA) is 85.8 Å². The van der Waals surface area contributed by atoms with E-state index in [4.69, 9.17) is 17.3 Å². The molecule has 8 heteroatoms. The highest BCUT2D eigenvalue weighted by Crippen LogP contribution is 2.32. The van der Waals surface area contributed by atoms with Gasteiger partial charge in [0.2, 0.25) is 0 Å². The average molecular weight is 454 g/mol. The molecule has 4 aromatic rings. The Hall–Kier alpha value is -2.74. The quantitative estimate of drug-likeness (QED) is 0.416. The smallest absolute Gasteiger partial charge is 0.261 e. The highest BCUT2D eigenvalue weighted by Gasteiger charge is 2.15. The molecule has 0 amide bonds. The second-order valence-corrected chi connectivity index (χ2v) is 9.35. The lowest BCUT2D eigenvalue weighted by molar-refractivity contribution is 0.593. The van der Waals surface area contributed by atoms with Gasteiger partial charge in [-0.1, -0.05) is 37.6 Å². The zero-order chi connectivity index (χ0) is 22.1. The number of benzene rings is 2. The van der Waals surface area contributed by atoms with Gasteiger partial charge in [0.05, 0.1) is 17.4 Å². The maximum absolute atomic E-state index is 13.2. The van der Waals surface area contributed by atoms with E-state index in [0.717, 1.165) is 27.6 Å². The molecule has 2 heterocycles. The molecule has 4 rings (SSSR count). The van der Waals surface area contributed by atoms with Crippen LogP contribution in [0.15, 0.2) is 47.4 Å². The number of nitrogens with zero attached hydrogens (tertiary/aromatic N) is 3. The Balaban J connectivity index is 1.71. The fourth-order valence-electron chi connectivity index (χ4n) is 3.36. The molecule has 0 spiro atoms. The number of anilines is 1. The summed E-state index contributed by atoms with van der Waals surface area (Å²) in [6.07, 6.45) is 1.86. The number of rotatable bonds is 6. The number of nitrogens with one attached hydrogen (secondary N) is 1. The van der Waals surface area contributed by atoms with Gasteiger partial charge in [-0.2, -0.15) is 0 Å². The number of aromatic nitrogens is 3. The summed E-state index contributed by atoms with van der Waals surface area (Å²) in [7, 11) is 0. The largest absolute Gasteiger partial charge is 0.398 e. The average Bonchev–Trinajstić information content (AvgIpc) is 3.20. The van der Waals surface area contributed by atoms with Crippen LogP contribution in [0, 0.1) is 6.92 Å². The predicted octanol–water partition coefficient (Wildman–Crippen LogP) is 4.61. The number of fused-ring (bicyclic) bond motifs is 1. The third kappa shape index (κ3) is 4.63. The van der Waals surface area contributed by atoms with E-state index in [1.54, 1.807) is 22.0 Å². The van der Waals surface area contributed by atoms with E-state index in [-0.39, 0.29) is 5.56 Å². The Morgan fingerprint density at radius 3 is 2.68 bits per heavy atom. The monoisotopic (exact) mass is 453 g/mol. The van der Waals surface area contributed by atoms with E-state index < -0.39 is 0 Å². The normalized spacial score (nSPS) is 11.5. The fourth-order valence-corrected chi connectivity index (χ4v) is 4.39. The maximum Gasteiger partial charge on any atom is 0.261 e. The minimum atomic E-state index is -0.114. The Kier molecular flexibility index (Phi) is 6.09. The summed E-state index contributed by atoms with van der Waals surface area (Å²) in [6, 6.07) is 11.4. The summed E-state index contributed by atoms with van der Waals surface area (Å²) in [5, 5.41) is 5.38. The maximum atomic E-state index is 13.2. The number of hydrogen-bond acceptors (Lipinski definition) is 6. The zero-order valence-electron chi connectivity index (χ0n) is 17.6. The van der Waals surface area contributed by atoms with E-state index >= 15 is 0 Å². The van der Waals surface area contributed by atoms with Crippen LogP contribution in [0.2, 0.25) is 5.02 Å². The fraction of sp³-hybridized carbons (Fsp3) is 0.261. The summed E-state index contributed by atoms with van der Waals surface area (Å²) >= 11 is 7.56. The van der Waals surface area contributed by atoms with Gasteiger partial charge in [0.1, 0.15) is 10.8 Å². The first-order valence-electron chi connectivity index (χ1n) is 10.1. The molecule has 0 saturated carbocycles. The second-order valence-electron chi connectivity index (χ2n) is 7.80. The predicted molar refractivity (Wildman–Crippen MR) is 129 cm³/mol. The molecule has 0 radical (unpaired) electrons. The van der Waals surface area contributed by atoms with Crippen molar-refractivity contribution in [3.05, 3.63) is 74.2 Å². The molecule has 0 aliphatic carbocycles. The molecule has 31 heavy (non-hydrogen) atoms. The Bertz CT molecular complexity index is 1290. The lowest BCUT2D eigenvalue weighted by Gasteiger charge is -2.12. The molecule has 0 unspecified atom stereocenters. The molecule has 2 aromatic heterocycles. The molecule has 2 aromatic carbocycles. The number of halogens is 1. The number of nitrogen functional groups attached to an aromatic ring is 1. The van der Waals surface area contributed by atoms with Crippen molar-refractivity contribution in [2.45, 2.75) is 39.9 Å². The van der Waals surface area contributed by atoms with Gasteiger partial charge >= 0.3 is 0 Å². The summed E-state index contributed by atoms with van der Waals surface area (Å²) in [4.78, 5) is 23.5. The molecule has 3 N–H and O–H groups in total. The van der Waals surface area contributed by atoms with Crippen LogP contribution in [-0.4, -0.2) is 20.6 Å². The Morgan fingerprint density at radius 1 is 1.23 bits per heavy atom. The van der Waals surface area contributed by atoms with Crippen molar-refractivity contribution >= 4 is 39.5 Å². The van der Waals surface area contributed by atoms with Gasteiger partial charge in [-0.3, -0.25) is 9.36 Å². The first-order chi connectivity index (χ1) is 14.8. The van der Waals surface area contributed by atoms with Crippen LogP contribution in [0.4, 0.5) is 5.69 Å². The third-order valence-corrected chi connectivity index (χ3v) is 6.32. The third-order valence-electron chi connectivity index (χ3n) is 5.04. The van der Waals surface area contributed by atoms with Gasteiger partial charge in [-0.05, 0) is 36.8 Å². The summed E-state index contributed by atoms with van der Waals surface area (Å²) in [5.41, 5.74) is 9.14. The van der Waals surface area contributed by atoms with Gasteiger partial charge in [0.25, 0.3) is 5.56 Å². The van der Waals surface area contributed by atoms with Crippen molar-refractivity contribution in [1.82, 2.24) is 19.9 Å². The van der Waals surface area contributed by atoms with Crippen molar-refractivity contribution in [3.63, 3.8) is 0 Å². The van der Waals surface area contributed by atoms with E-state index in [9.17, 15) is 4.79 Å². The van der Waals surface area contributed by atoms with Crippen LogP contribution in [0.1, 0.15) is 30.1 Å². The minimum Gasteiger partial charge on any atom is -0.398 e. The van der Waals surface area contributed by atoms with Crippen LogP contribution in [0.25, 0.3) is 21.5 Å². The van der Waals surface area contributed by atoms with E-state index in [1.807, 2.05) is 43.5 Å². The molecular formula is C23H24ClN5OS. The lowest BCUT2D eigenvalue weighted by atomic mass is 10.1. The molecule has 0 fully saturated rings. The SMILES string of the molecule is Cc1nc2cc(-c3ncc(CNC(C)C)s3)c(N)cc2c(=O)n1Cc1ccc(Cl)cc1. The number of hydrogen-bond donors (Lipinski definition) is 2. The van der Waals surface area contributed by atoms with Crippen molar-refractivity contribution in [1.29, 1.82) is 0 Å². The zero-order valence-corrected chi connectivity index (χ0v) is 19.2. The first kappa shape index (κ1) is 21.5. The van der Waals surface area contributed by atoms with E-state index in [2.05, 4.69) is 29.1 Å². The van der Waals surface area contributed by atoms with Crippen LogP contribution in [0.5, 0.6) is 0 Å². The van der Waals surface area contributed by atoms with Crippen LogP contribution >= 0.6 is 22.9 Å². The van der Waals surface area contributed by atoms with Gasteiger partial charge in [-0.15, -0.1) is 11.3 Å². The molecule has 6 nitrogen and oxygen atoms in total. The highest BCUT2D eigenvalue weighted by molar-refractivity contribution is 7.15. The highest BCUT2D eigenvalue weighted by atomic mass is 35.5. The Morgan fingerprint density at radius 2 is 1.97 bits per heavy atom. The molecular weight excluding hydrogens is 430 g/mol. The van der Waals surface area contributed by atoms with E-state index in [0.29, 0.717) is 40.0 Å². The van der Waals surface area contributed by atoms with Crippen LogP contribution in [-0.2, 0) is 13.1 Å². The van der Waals surface area contributed by atoms with Crippen LogP contribution in [0.3, 0.4) is 0 Å². The lowest BCUT2D eigenvalue weighted by Crippen LogP contribution is -2.24.